The molecule has 0 spiro atoms. The topological polar surface area (TPSA) is 79.0 Å². The maximum absolute atomic E-state index is 13.7. The summed E-state index contributed by atoms with van der Waals surface area (Å²) < 4.78 is 5.56. The van der Waals surface area contributed by atoms with Crippen molar-refractivity contribution in [2.75, 3.05) is 26.2 Å². The van der Waals surface area contributed by atoms with E-state index in [2.05, 4.69) is 5.32 Å². The van der Waals surface area contributed by atoms with Gasteiger partial charge in [-0.25, -0.2) is 0 Å². The zero-order chi connectivity index (χ0) is 27.9. The number of hydrogen-bond acceptors (Lipinski definition) is 4. The van der Waals surface area contributed by atoms with Crippen LogP contribution < -0.4 is 10.1 Å². The number of amides is 3. The SMILES string of the molecule is CC1CN(C(=O)C(Cc2ccccc2)NC(=O)COc2ccc(Cl)cc2)CCN1C(=O)c1ccc(Cl)cc1Cl. The molecular formula is C29H28Cl3N3O4. The Morgan fingerprint density at radius 3 is 2.31 bits per heavy atom. The summed E-state index contributed by atoms with van der Waals surface area (Å²) in [6.07, 6.45) is 0.320. The first-order chi connectivity index (χ1) is 18.7. The van der Waals surface area contributed by atoms with Crippen molar-refractivity contribution in [3.8, 4) is 5.75 Å². The number of carbonyl (C=O) groups is 3. The number of benzene rings is 3. The molecule has 2 unspecified atom stereocenters. The average molecular weight is 589 g/mol. The summed E-state index contributed by atoms with van der Waals surface area (Å²) in [4.78, 5) is 43.0. The lowest BCUT2D eigenvalue weighted by molar-refractivity contribution is -0.138. The summed E-state index contributed by atoms with van der Waals surface area (Å²) in [5.41, 5.74) is 1.27. The molecule has 1 saturated heterocycles. The van der Waals surface area contributed by atoms with E-state index >= 15 is 0 Å². The van der Waals surface area contributed by atoms with Crippen LogP contribution >= 0.6 is 34.8 Å². The van der Waals surface area contributed by atoms with Crippen molar-refractivity contribution in [3.05, 3.63) is 99.0 Å². The largest absolute Gasteiger partial charge is 0.484 e. The Morgan fingerprint density at radius 2 is 1.64 bits per heavy atom. The summed E-state index contributed by atoms with van der Waals surface area (Å²) in [5.74, 6) is -0.360. The number of rotatable bonds is 8. The van der Waals surface area contributed by atoms with Gasteiger partial charge in [-0.2, -0.15) is 0 Å². The van der Waals surface area contributed by atoms with Crippen LogP contribution in [0, 0.1) is 0 Å². The van der Waals surface area contributed by atoms with Crippen LogP contribution in [0.3, 0.4) is 0 Å². The van der Waals surface area contributed by atoms with Crippen LogP contribution in [0.2, 0.25) is 15.1 Å². The van der Waals surface area contributed by atoms with Crippen LogP contribution in [0.4, 0.5) is 0 Å². The molecule has 3 amide bonds. The van der Waals surface area contributed by atoms with E-state index in [1.807, 2.05) is 37.3 Å². The number of ether oxygens (including phenoxy) is 1. The van der Waals surface area contributed by atoms with Crippen LogP contribution in [-0.4, -0.2) is 65.8 Å². The van der Waals surface area contributed by atoms with Gasteiger partial charge in [0.1, 0.15) is 11.8 Å². The first-order valence-corrected chi connectivity index (χ1v) is 13.6. The van der Waals surface area contributed by atoms with Crippen molar-refractivity contribution in [2.24, 2.45) is 0 Å². The van der Waals surface area contributed by atoms with Crippen LogP contribution in [-0.2, 0) is 16.0 Å². The van der Waals surface area contributed by atoms with Gasteiger partial charge in [0.15, 0.2) is 6.61 Å². The zero-order valence-electron chi connectivity index (χ0n) is 21.3. The monoisotopic (exact) mass is 587 g/mol. The third-order valence-corrected chi connectivity index (χ3v) is 7.26. The molecule has 1 fully saturated rings. The Hall–Kier alpha value is -3.26. The number of nitrogens with one attached hydrogen (secondary N) is 1. The van der Waals surface area contributed by atoms with Crippen molar-refractivity contribution in [3.63, 3.8) is 0 Å². The predicted molar refractivity (Wildman–Crippen MR) is 153 cm³/mol. The highest BCUT2D eigenvalue weighted by atomic mass is 35.5. The summed E-state index contributed by atoms with van der Waals surface area (Å²) in [6.45, 7) is 2.60. The third-order valence-electron chi connectivity index (χ3n) is 6.46. The van der Waals surface area contributed by atoms with Crippen molar-refractivity contribution in [1.82, 2.24) is 15.1 Å². The van der Waals surface area contributed by atoms with E-state index in [9.17, 15) is 14.4 Å². The van der Waals surface area contributed by atoms with Crippen LogP contribution in [0.15, 0.2) is 72.8 Å². The fourth-order valence-electron chi connectivity index (χ4n) is 4.46. The molecule has 2 atom stereocenters. The molecule has 0 aromatic heterocycles. The van der Waals surface area contributed by atoms with E-state index < -0.39 is 11.9 Å². The Morgan fingerprint density at radius 1 is 0.949 bits per heavy atom. The lowest BCUT2D eigenvalue weighted by Gasteiger charge is -2.41. The first kappa shape index (κ1) is 28.7. The molecule has 0 bridgehead atoms. The van der Waals surface area contributed by atoms with Crippen molar-refractivity contribution >= 4 is 52.5 Å². The number of halogens is 3. The number of hydrogen-bond donors (Lipinski definition) is 1. The summed E-state index contributed by atoms with van der Waals surface area (Å²) in [6, 6.07) is 19.9. The highest BCUT2D eigenvalue weighted by Crippen LogP contribution is 2.24. The standard InChI is InChI=1S/C29H28Cl3N3O4/c1-19-17-34(13-14-35(19)28(37)24-12-9-22(31)16-25(24)32)29(38)26(15-20-5-3-2-4-6-20)33-27(36)18-39-23-10-7-21(30)8-11-23/h2-12,16,19,26H,13-15,17-18H2,1H3,(H,33,36). The second-order valence-corrected chi connectivity index (χ2v) is 10.6. The molecule has 0 saturated carbocycles. The number of carbonyl (C=O) groups excluding carboxylic acids is 3. The van der Waals surface area contributed by atoms with Gasteiger partial charge in [0.2, 0.25) is 5.91 Å². The molecule has 1 aliphatic heterocycles. The van der Waals surface area contributed by atoms with Gasteiger partial charge in [-0.1, -0.05) is 65.1 Å². The Bertz CT molecular complexity index is 1320. The molecule has 3 aromatic carbocycles. The van der Waals surface area contributed by atoms with E-state index in [4.69, 9.17) is 39.5 Å². The number of nitrogens with zero attached hydrogens (tertiary/aromatic N) is 2. The fourth-order valence-corrected chi connectivity index (χ4v) is 5.08. The maximum atomic E-state index is 13.7. The molecule has 1 aliphatic rings. The van der Waals surface area contributed by atoms with Crippen LogP contribution in [0.25, 0.3) is 0 Å². The van der Waals surface area contributed by atoms with Crippen molar-refractivity contribution < 1.29 is 19.1 Å². The van der Waals surface area contributed by atoms with Gasteiger partial charge in [-0.3, -0.25) is 14.4 Å². The molecule has 4 rings (SSSR count). The lowest BCUT2D eigenvalue weighted by Crippen LogP contribution is -2.59. The molecular weight excluding hydrogens is 561 g/mol. The van der Waals surface area contributed by atoms with Gasteiger partial charge in [0.25, 0.3) is 11.8 Å². The third kappa shape index (κ3) is 7.66. The second-order valence-electron chi connectivity index (χ2n) is 9.31. The minimum absolute atomic E-state index is 0.218. The average Bonchev–Trinajstić information content (AvgIpc) is 2.92. The van der Waals surface area contributed by atoms with E-state index in [1.165, 1.54) is 6.07 Å². The van der Waals surface area contributed by atoms with Gasteiger partial charge in [0, 0.05) is 42.1 Å². The van der Waals surface area contributed by atoms with E-state index in [0.29, 0.717) is 47.4 Å². The fraction of sp³-hybridized carbons (Fsp3) is 0.276. The molecule has 39 heavy (non-hydrogen) atoms. The van der Waals surface area contributed by atoms with Gasteiger partial charge in [0.05, 0.1) is 10.6 Å². The van der Waals surface area contributed by atoms with E-state index in [0.717, 1.165) is 5.56 Å². The smallest absolute Gasteiger partial charge is 0.258 e. The lowest BCUT2D eigenvalue weighted by atomic mass is 10.0. The van der Waals surface area contributed by atoms with Gasteiger partial charge < -0.3 is 19.9 Å². The molecule has 1 N–H and O–H groups in total. The minimum Gasteiger partial charge on any atom is -0.484 e. The molecule has 7 nitrogen and oxygen atoms in total. The van der Waals surface area contributed by atoms with Gasteiger partial charge in [-0.15, -0.1) is 0 Å². The Balaban J connectivity index is 1.42. The van der Waals surface area contributed by atoms with E-state index in [-0.39, 0.29) is 29.5 Å². The van der Waals surface area contributed by atoms with E-state index in [1.54, 1.807) is 46.2 Å². The minimum atomic E-state index is -0.797. The molecule has 204 valence electrons. The van der Waals surface area contributed by atoms with Gasteiger partial charge in [-0.05, 0) is 55.0 Å². The van der Waals surface area contributed by atoms with Gasteiger partial charge >= 0.3 is 0 Å². The molecule has 0 radical (unpaired) electrons. The van der Waals surface area contributed by atoms with Crippen LogP contribution in [0.5, 0.6) is 5.75 Å². The van der Waals surface area contributed by atoms with Crippen LogP contribution in [0.1, 0.15) is 22.8 Å². The predicted octanol–water partition coefficient (Wildman–Crippen LogP) is 5.13. The summed E-state index contributed by atoms with van der Waals surface area (Å²) >= 11 is 18.1. The molecule has 0 aliphatic carbocycles. The molecule has 1 heterocycles. The first-order valence-electron chi connectivity index (χ1n) is 12.5. The second kappa shape index (κ2) is 13.2. The maximum Gasteiger partial charge on any atom is 0.258 e. The van der Waals surface area contributed by atoms with Crippen molar-refractivity contribution in [1.29, 1.82) is 0 Å². The molecule has 10 heteroatoms. The highest BCUT2D eigenvalue weighted by molar-refractivity contribution is 6.36. The highest BCUT2D eigenvalue weighted by Gasteiger charge is 2.34. The Labute approximate surface area is 242 Å². The van der Waals surface area contributed by atoms with Crippen molar-refractivity contribution in [2.45, 2.75) is 25.4 Å². The zero-order valence-corrected chi connectivity index (χ0v) is 23.5. The Kier molecular flexibility index (Phi) is 9.73. The number of piperazine rings is 1. The molecule has 3 aromatic rings. The summed E-state index contributed by atoms with van der Waals surface area (Å²) in [7, 11) is 0. The quantitative estimate of drug-likeness (QED) is 0.396. The normalized spacial score (nSPS) is 15.9. The summed E-state index contributed by atoms with van der Waals surface area (Å²) in [5, 5.41) is 4.13.